The van der Waals surface area contributed by atoms with Gasteiger partial charge in [-0.15, -0.1) is 0 Å². The number of benzene rings is 1. The molecule has 1 amide bonds. The molecule has 5 heteroatoms. The van der Waals surface area contributed by atoms with Crippen molar-refractivity contribution < 1.29 is 14.3 Å². The quantitative estimate of drug-likeness (QED) is 0.686. The Balaban J connectivity index is 2.10. The first kappa shape index (κ1) is 15.2. The summed E-state index contributed by atoms with van der Waals surface area (Å²) < 4.78 is 5.08. The predicted molar refractivity (Wildman–Crippen MR) is 72.2 cm³/mol. The number of ether oxygens (including phenoxy) is 1. The van der Waals surface area contributed by atoms with Crippen molar-refractivity contribution in [1.29, 1.82) is 0 Å². The van der Waals surface area contributed by atoms with E-state index in [0.29, 0.717) is 25.9 Å². The molecule has 1 aromatic rings. The van der Waals surface area contributed by atoms with Crippen LogP contribution in [0, 0.1) is 0 Å². The molecule has 0 atom stereocenters. The summed E-state index contributed by atoms with van der Waals surface area (Å²) in [6, 6.07) is 9.47. The lowest BCUT2D eigenvalue weighted by atomic mass is 10.2. The van der Waals surface area contributed by atoms with Crippen molar-refractivity contribution in [3.05, 3.63) is 35.9 Å². The summed E-state index contributed by atoms with van der Waals surface area (Å²) in [6.45, 7) is 1.06. The number of carbonyl (C=O) groups excluding carboxylic acids is 2. The third kappa shape index (κ3) is 7.21. The predicted octanol–water partition coefficient (Wildman–Crippen LogP) is 0.975. The molecule has 3 N–H and O–H groups in total. The Labute approximate surface area is 113 Å². The number of nitrogens with two attached hydrogens (primary N) is 1. The molecule has 0 aliphatic rings. The molecule has 0 heterocycles. The fraction of sp³-hybridized carbons (Fsp3) is 0.429. The first-order valence-electron chi connectivity index (χ1n) is 6.38. The van der Waals surface area contributed by atoms with Crippen molar-refractivity contribution >= 4 is 11.9 Å². The monoisotopic (exact) mass is 264 g/mol. The van der Waals surface area contributed by atoms with Crippen molar-refractivity contribution in [3.63, 3.8) is 0 Å². The minimum absolute atomic E-state index is 0.0821. The van der Waals surface area contributed by atoms with Gasteiger partial charge in [0.15, 0.2) is 0 Å². The molecule has 5 nitrogen and oxygen atoms in total. The molecule has 0 saturated heterocycles. The SMILES string of the molecule is NCCCC(=O)NCCC(=O)OCc1ccccc1. The van der Waals surface area contributed by atoms with Crippen molar-refractivity contribution in [2.24, 2.45) is 5.73 Å². The van der Waals surface area contributed by atoms with Crippen LogP contribution in [0.25, 0.3) is 0 Å². The van der Waals surface area contributed by atoms with Gasteiger partial charge in [-0.2, -0.15) is 0 Å². The third-order valence-electron chi connectivity index (χ3n) is 2.50. The summed E-state index contributed by atoms with van der Waals surface area (Å²) >= 11 is 0. The normalized spacial score (nSPS) is 9.95. The largest absolute Gasteiger partial charge is 0.461 e. The third-order valence-corrected chi connectivity index (χ3v) is 2.50. The molecule has 0 fully saturated rings. The summed E-state index contributed by atoms with van der Waals surface area (Å²) in [5.41, 5.74) is 6.24. The molecule has 104 valence electrons. The summed E-state index contributed by atoms with van der Waals surface area (Å²) in [5, 5.41) is 2.65. The molecule has 0 unspecified atom stereocenters. The maximum absolute atomic E-state index is 11.4. The van der Waals surface area contributed by atoms with Gasteiger partial charge in [0.05, 0.1) is 6.42 Å². The van der Waals surface area contributed by atoms with Crippen LogP contribution in [0.2, 0.25) is 0 Å². The number of rotatable bonds is 8. The van der Waals surface area contributed by atoms with E-state index >= 15 is 0 Å². The second-order valence-corrected chi connectivity index (χ2v) is 4.14. The number of hydrogen-bond acceptors (Lipinski definition) is 4. The van der Waals surface area contributed by atoms with E-state index in [9.17, 15) is 9.59 Å². The maximum atomic E-state index is 11.4. The van der Waals surface area contributed by atoms with Gasteiger partial charge in [-0.1, -0.05) is 30.3 Å². The van der Waals surface area contributed by atoms with Crippen molar-refractivity contribution in [2.75, 3.05) is 13.1 Å². The molecule has 0 saturated carbocycles. The van der Waals surface area contributed by atoms with Crippen LogP contribution < -0.4 is 11.1 Å². The summed E-state index contributed by atoms with van der Waals surface area (Å²) in [7, 11) is 0. The van der Waals surface area contributed by atoms with Crippen LogP contribution >= 0.6 is 0 Å². The molecule has 1 rings (SSSR count). The average molecular weight is 264 g/mol. The van der Waals surface area contributed by atoms with Crippen LogP contribution in [0.4, 0.5) is 0 Å². The first-order valence-corrected chi connectivity index (χ1v) is 6.38. The van der Waals surface area contributed by atoms with Crippen molar-refractivity contribution in [1.82, 2.24) is 5.32 Å². The average Bonchev–Trinajstić information content (AvgIpc) is 2.44. The van der Waals surface area contributed by atoms with Crippen LogP contribution in [0.1, 0.15) is 24.8 Å². The van der Waals surface area contributed by atoms with Gasteiger partial charge in [0.25, 0.3) is 0 Å². The second-order valence-electron chi connectivity index (χ2n) is 4.14. The number of hydrogen-bond donors (Lipinski definition) is 2. The lowest BCUT2D eigenvalue weighted by Crippen LogP contribution is -2.26. The zero-order chi connectivity index (χ0) is 13.9. The minimum atomic E-state index is -0.317. The van der Waals surface area contributed by atoms with Crippen molar-refractivity contribution in [3.8, 4) is 0 Å². The Kier molecular flexibility index (Phi) is 7.27. The Hall–Kier alpha value is -1.88. The van der Waals surface area contributed by atoms with Gasteiger partial charge in [-0.25, -0.2) is 0 Å². The Bertz CT molecular complexity index is 393. The van der Waals surface area contributed by atoms with E-state index in [-0.39, 0.29) is 24.9 Å². The van der Waals surface area contributed by atoms with Gasteiger partial charge in [0.1, 0.15) is 6.61 Å². The first-order chi connectivity index (χ1) is 9.22. The minimum Gasteiger partial charge on any atom is -0.461 e. The molecule has 0 aliphatic carbocycles. The van der Waals surface area contributed by atoms with Crippen LogP contribution in [-0.2, 0) is 20.9 Å². The van der Waals surface area contributed by atoms with Gasteiger partial charge >= 0.3 is 5.97 Å². The smallest absolute Gasteiger partial charge is 0.307 e. The van der Waals surface area contributed by atoms with Crippen LogP contribution in [0.3, 0.4) is 0 Å². The highest BCUT2D eigenvalue weighted by Crippen LogP contribution is 2.01. The Morgan fingerprint density at radius 1 is 1.16 bits per heavy atom. The van der Waals surface area contributed by atoms with Crippen LogP contribution in [-0.4, -0.2) is 25.0 Å². The highest BCUT2D eigenvalue weighted by atomic mass is 16.5. The van der Waals surface area contributed by atoms with Gasteiger partial charge in [0.2, 0.25) is 5.91 Å². The Morgan fingerprint density at radius 2 is 1.89 bits per heavy atom. The van der Waals surface area contributed by atoms with Crippen LogP contribution in [0.15, 0.2) is 30.3 Å². The summed E-state index contributed by atoms with van der Waals surface area (Å²) in [6.07, 6.45) is 1.24. The van der Waals surface area contributed by atoms with E-state index in [1.807, 2.05) is 30.3 Å². The zero-order valence-corrected chi connectivity index (χ0v) is 10.9. The lowest BCUT2D eigenvalue weighted by Gasteiger charge is -2.06. The van der Waals surface area contributed by atoms with Gasteiger partial charge in [-0.05, 0) is 18.5 Å². The molecule has 0 spiro atoms. The van der Waals surface area contributed by atoms with Gasteiger partial charge in [-0.3, -0.25) is 9.59 Å². The number of nitrogens with one attached hydrogen (secondary N) is 1. The van der Waals surface area contributed by atoms with Gasteiger partial charge in [0, 0.05) is 13.0 Å². The molecule has 19 heavy (non-hydrogen) atoms. The molecule has 0 radical (unpaired) electrons. The van der Waals surface area contributed by atoms with Gasteiger partial charge < -0.3 is 15.8 Å². The number of carbonyl (C=O) groups is 2. The second kappa shape index (κ2) is 9.10. The number of esters is 1. The van der Waals surface area contributed by atoms with E-state index < -0.39 is 0 Å². The zero-order valence-electron chi connectivity index (χ0n) is 10.9. The van der Waals surface area contributed by atoms with E-state index in [4.69, 9.17) is 10.5 Å². The molecule has 0 aliphatic heterocycles. The fourth-order valence-electron chi connectivity index (χ4n) is 1.47. The fourth-order valence-corrected chi connectivity index (χ4v) is 1.47. The van der Waals surface area contributed by atoms with E-state index in [0.717, 1.165) is 5.56 Å². The summed E-state index contributed by atoms with van der Waals surface area (Å²) in [5.74, 6) is -0.399. The van der Waals surface area contributed by atoms with E-state index in [2.05, 4.69) is 5.32 Å². The molecular formula is C14H20N2O3. The lowest BCUT2D eigenvalue weighted by molar-refractivity contribution is -0.144. The Morgan fingerprint density at radius 3 is 2.58 bits per heavy atom. The molecule has 1 aromatic carbocycles. The standard InChI is InChI=1S/C14H20N2O3/c15-9-4-7-13(17)16-10-8-14(18)19-11-12-5-2-1-3-6-12/h1-3,5-6H,4,7-11,15H2,(H,16,17). The molecule has 0 aromatic heterocycles. The molecule has 0 bridgehead atoms. The number of amides is 1. The maximum Gasteiger partial charge on any atom is 0.307 e. The summed E-state index contributed by atoms with van der Waals surface area (Å²) in [4.78, 5) is 22.7. The molecular weight excluding hydrogens is 244 g/mol. The highest BCUT2D eigenvalue weighted by molar-refractivity contribution is 5.77. The van der Waals surface area contributed by atoms with E-state index in [1.54, 1.807) is 0 Å². The van der Waals surface area contributed by atoms with Crippen LogP contribution in [0.5, 0.6) is 0 Å². The highest BCUT2D eigenvalue weighted by Gasteiger charge is 2.05. The van der Waals surface area contributed by atoms with Crippen molar-refractivity contribution in [2.45, 2.75) is 25.9 Å². The van der Waals surface area contributed by atoms with E-state index in [1.165, 1.54) is 0 Å². The topological polar surface area (TPSA) is 81.4 Å².